The van der Waals surface area contributed by atoms with Gasteiger partial charge in [0.15, 0.2) is 0 Å². The molecule has 52 valence electrons. The Morgan fingerprint density at radius 2 is 2.22 bits per heavy atom. The van der Waals surface area contributed by atoms with Crippen molar-refractivity contribution in [3.8, 4) is 0 Å². The van der Waals surface area contributed by atoms with Gasteiger partial charge in [-0.2, -0.15) is 0 Å². The van der Waals surface area contributed by atoms with Gasteiger partial charge in [-0.25, -0.2) is 0 Å². The summed E-state index contributed by atoms with van der Waals surface area (Å²) < 4.78 is 0. The van der Waals surface area contributed by atoms with E-state index in [0.717, 1.165) is 0 Å². The van der Waals surface area contributed by atoms with E-state index in [-0.39, 0.29) is 1.43 Å². The molecule has 1 aromatic rings. The summed E-state index contributed by atoms with van der Waals surface area (Å²) in [7, 11) is 0. The Hall–Kier alpha value is -1.05. The average molecular weight is 126 g/mol. The maximum absolute atomic E-state index is 5.30. The molecule has 0 fully saturated rings. The summed E-state index contributed by atoms with van der Waals surface area (Å²) in [5.74, 6) is 0. The molecule has 1 rings (SSSR count). The molecule has 0 atom stereocenters. The lowest BCUT2D eigenvalue weighted by Crippen LogP contribution is -1.82. The van der Waals surface area contributed by atoms with Crippen LogP contribution in [0.15, 0.2) is 24.5 Å². The summed E-state index contributed by atoms with van der Waals surface area (Å²) in [5.41, 5.74) is 6.01. The monoisotopic (exact) mass is 126 g/mol. The van der Waals surface area contributed by atoms with Crippen molar-refractivity contribution in [2.75, 3.05) is 5.73 Å². The van der Waals surface area contributed by atoms with Gasteiger partial charge in [-0.1, -0.05) is 13.8 Å². The van der Waals surface area contributed by atoms with Crippen molar-refractivity contribution in [3.05, 3.63) is 24.5 Å². The highest BCUT2D eigenvalue weighted by molar-refractivity contribution is 5.32. The fourth-order valence-electron chi connectivity index (χ4n) is 0.376. The summed E-state index contributed by atoms with van der Waals surface area (Å²) >= 11 is 0. The minimum absolute atomic E-state index is 0. The molecule has 0 saturated carbocycles. The SMILES string of the molecule is CC.Nc1cccnc1.[HH]. The molecule has 2 heteroatoms. The first kappa shape index (κ1) is 7.95. The number of rotatable bonds is 0. The Bertz CT molecular complexity index is 142. The second kappa shape index (κ2) is 5.09. The van der Waals surface area contributed by atoms with E-state index in [0.29, 0.717) is 5.69 Å². The van der Waals surface area contributed by atoms with E-state index in [9.17, 15) is 0 Å². The van der Waals surface area contributed by atoms with Crippen LogP contribution in [0, 0.1) is 0 Å². The number of pyridine rings is 1. The van der Waals surface area contributed by atoms with Crippen LogP contribution in [-0.2, 0) is 0 Å². The molecule has 0 aromatic carbocycles. The normalized spacial score (nSPS) is 7.33. The minimum atomic E-state index is 0. The van der Waals surface area contributed by atoms with Gasteiger partial charge in [-0.3, -0.25) is 4.98 Å². The number of hydrogen-bond donors (Lipinski definition) is 1. The van der Waals surface area contributed by atoms with Gasteiger partial charge < -0.3 is 5.73 Å². The Morgan fingerprint density at radius 1 is 1.56 bits per heavy atom. The molecule has 1 heterocycles. The van der Waals surface area contributed by atoms with Gasteiger partial charge in [0.05, 0.1) is 5.69 Å². The first-order valence-electron chi connectivity index (χ1n) is 3.05. The molecule has 0 amide bonds. The maximum Gasteiger partial charge on any atom is 0.0500 e. The molecule has 0 bridgehead atoms. The predicted molar refractivity (Wildman–Crippen MR) is 42.1 cm³/mol. The van der Waals surface area contributed by atoms with Crippen molar-refractivity contribution in [1.29, 1.82) is 0 Å². The number of nitrogens with two attached hydrogens (primary N) is 1. The summed E-state index contributed by atoms with van der Waals surface area (Å²) in [5, 5.41) is 0. The van der Waals surface area contributed by atoms with Gasteiger partial charge in [-0.15, -0.1) is 0 Å². The topological polar surface area (TPSA) is 38.9 Å². The molecular formula is C7H14N2. The smallest absolute Gasteiger partial charge is 0.0500 e. The molecule has 2 nitrogen and oxygen atoms in total. The van der Waals surface area contributed by atoms with Gasteiger partial charge >= 0.3 is 0 Å². The predicted octanol–water partition coefficient (Wildman–Crippen LogP) is 1.94. The number of hydrogen-bond acceptors (Lipinski definition) is 2. The number of aromatic nitrogens is 1. The van der Waals surface area contributed by atoms with Gasteiger partial charge in [0.2, 0.25) is 0 Å². The van der Waals surface area contributed by atoms with Crippen molar-refractivity contribution in [3.63, 3.8) is 0 Å². The van der Waals surface area contributed by atoms with Gasteiger partial charge in [0.1, 0.15) is 0 Å². The minimum Gasteiger partial charge on any atom is -0.397 e. The quantitative estimate of drug-likeness (QED) is 0.577. The van der Waals surface area contributed by atoms with Crippen molar-refractivity contribution in [1.82, 2.24) is 4.98 Å². The van der Waals surface area contributed by atoms with Crippen LogP contribution >= 0.6 is 0 Å². The third-order valence-electron chi connectivity index (χ3n) is 0.684. The zero-order chi connectivity index (χ0) is 7.11. The third kappa shape index (κ3) is 3.53. The van der Waals surface area contributed by atoms with E-state index < -0.39 is 0 Å². The second-order valence-corrected chi connectivity index (χ2v) is 1.29. The fraction of sp³-hybridized carbons (Fsp3) is 0.286. The Morgan fingerprint density at radius 3 is 2.44 bits per heavy atom. The van der Waals surface area contributed by atoms with Crippen LogP contribution in [0.5, 0.6) is 0 Å². The lowest BCUT2D eigenvalue weighted by molar-refractivity contribution is 1.33. The molecule has 0 aliphatic rings. The lowest BCUT2D eigenvalue weighted by Gasteiger charge is -1.83. The van der Waals surface area contributed by atoms with Crippen molar-refractivity contribution >= 4 is 5.69 Å². The van der Waals surface area contributed by atoms with E-state index in [1.54, 1.807) is 24.5 Å². The Labute approximate surface area is 57.2 Å². The molecule has 2 N–H and O–H groups in total. The van der Waals surface area contributed by atoms with E-state index >= 15 is 0 Å². The molecule has 0 saturated heterocycles. The highest BCUT2D eigenvalue weighted by Gasteiger charge is 1.73. The highest BCUT2D eigenvalue weighted by atomic mass is 14.7. The molecule has 9 heavy (non-hydrogen) atoms. The molecule has 0 unspecified atom stereocenters. The van der Waals surface area contributed by atoms with Crippen molar-refractivity contribution in [2.24, 2.45) is 0 Å². The Kier molecular flexibility index (Phi) is 4.50. The van der Waals surface area contributed by atoms with Crippen LogP contribution in [0.25, 0.3) is 0 Å². The number of nitrogen functional groups attached to an aromatic ring is 1. The first-order chi connectivity index (χ1) is 4.39. The second-order valence-electron chi connectivity index (χ2n) is 1.29. The molecule has 0 spiro atoms. The van der Waals surface area contributed by atoms with Crippen LogP contribution in [0.2, 0.25) is 0 Å². The first-order valence-corrected chi connectivity index (χ1v) is 3.05. The van der Waals surface area contributed by atoms with Crippen molar-refractivity contribution < 1.29 is 1.43 Å². The van der Waals surface area contributed by atoms with Crippen LogP contribution < -0.4 is 5.73 Å². The molecule has 0 aliphatic carbocycles. The lowest BCUT2D eigenvalue weighted by atomic mass is 10.4. The van der Waals surface area contributed by atoms with Crippen LogP contribution in [-0.4, -0.2) is 4.98 Å². The van der Waals surface area contributed by atoms with Gasteiger partial charge in [0.25, 0.3) is 0 Å². The molecule has 1 aromatic heterocycles. The Balaban J connectivity index is 0. The largest absolute Gasteiger partial charge is 0.397 e. The summed E-state index contributed by atoms with van der Waals surface area (Å²) in [4.78, 5) is 3.76. The van der Waals surface area contributed by atoms with Crippen LogP contribution in [0.1, 0.15) is 15.3 Å². The average Bonchev–Trinajstić information content (AvgIpc) is 1.94. The summed E-state index contributed by atoms with van der Waals surface area (Å²) in [6.07, 6.45) is 3.30. The van der Waals surface area contributed by atoms with Crippen molar-refractivity contribution in [2.45, 2.75) is 13.8 Å². The fourth-order valence-corrected chi connectivity index (χ4v) is 0.376. The summed E-state index contributed by atoms with van der Waals surface area (Å²) in [6, 6.07) is 3.60. The molecule has 0 aliphatic heterocycles. The number of nitrogens with zero attached hydrogens (tertiary/aromatic N) is 1. The summed E-state index contributed by atoms with van der Waals surface area (Å²) in [6.45, 7) is 4.00. The van der Waals surface area contributed by atoms with E-state index in [1.165, 1.54) is 0 Å². The van der Waals surface area contributed by atoms with E-state index in [4.69, 9.17) is 5.73 Å². The van der Waals surface area contributed by atoms with E-state index in [2.05, 4.69) is 4.98 Å². The van der Waals surface area contributed by atoms with Crippen LogP contribution in [0.3, 0.4) is 0 Å². The van der Waals surface area contributed by atoms with Gasteiger partial charge in [0, 0.05) is 13.8 Å². The van der Waals surface area contributed by atoms with Crippen LogP contribution in [0.4, 0.5) is 5.69 Å². The zero-order valence-corrected chi connectivity index (χ0v) is 5.83. The zero-order valence-electron chi connectivity index (χ0n) is 5.83. The standard InChI is InChI=1S/C5H6N2.C2H6.H2/c6-5-2-1-3-7-4-5;1-2;/h1-4H,6H2;1-2H3;1H. The molecule has 0 radical (unpaired) electrons. The van der Waals surface area contributed by atoms with E-state index in [1.807, 2.05) is 13.8 Å². The number of anilines is 1. The highest BCUT2D eigenvalue weighted by Crippen LogP contribution is 1.92. The molecular weight excluding hydrogens is 112 g/mol. The van der Waals surface area contributed by atoms with Gasteiger partial charge in [-0.05, 0) is 12.1 Å². The third-order valence-corrected chi connectivity index (χ3v) is 0.684. The maximum atomic E-state index is 5.30.